The fourth-order valence-electron chi connectivity index (χ4n) is 3.15. The van der Waals surface area contributed by atoms with Crippen LogP contribution in [0.25, 0.3) is 16.3 Å². The van der Waals surface area contributed by atoms with Crippen LogP contribution in [-0.2, 0) is 9.53 Å². The lowest BCUT2D eigenvalue weighted by molar-refractivity contribution is -0.116. The lowest BCUT2D eigenvalue weighted by Crippen LogP contribution is -2.46. The zero-order valence-corrected chi connectivity index (χ0v) is 15.6. The molecule has 2 heterocycles. The Morgan fingerprint density at radius 3 is 2.88 bits per heavy atom. The number of para-hydroxylation sites is 1. The summed E-state index contributed by atoms with van der Waals surface area (Å²) in [7, 11) is 0. The molecule has 2 aromatic rings. The second-order valence-corrected chi connectivity index (χ2v) is 7.58. The first-order valence-corrected chi connectivity index (χ1v) is 9.61. The van der Waals surface area contributed by atoms with Crippen molar-refractivity contribution in [2.24, 2.45) is 0 Å². The summed E-state index contributed by atoms with van der Waals surface area (Å²) in [5.74, 6) is -0.0667. The van der Waals surface area contributed by atoms with Crippen molar-refractivity contribution < 1.29 is 9.53 Å². The van der Waals surface area contributed by atoms with Gasteiger partial charge in [0, 0.05) is 32.3 Å². The summed E-state index contributed by atoms with van der Waals surface area (Å²) in [4.78, 5) is 18.8. The number of hydrogen-bond acceptors (Lipinski definition) is 5. The molecule has 5 nitrogen and oxygen atoms in total. The highest BCUT2D eigenvalue weighted by molar-refractivity contribution is 7.19. The number of nitrogens with zero attached hydrogens (tertiary/aromatic N) is 2. The SMILES string of the molecule is CC1CN(CCCNC(=O)/C=C/c2nc3ccccc3s2)CC(C)O1. The van der Waals surface area contributed by atoms with Gasteiger partial charge in [-0.25, -0.2) is 4.98 Å². The summed E-state index contributed by atoms with van der Waals surface area (Å²) in [6.45, 7) is 7.82. The van der Waals surface area contributed by atoms with Crippen LogP contribution in [0.15, 0.2) is 30.3 Å². The minimum absolute atomic E-state index is 0.0667. The molecule has 0 spiro atoms. The van der Waals surface area contributed by atoms with Crippen LogP contribution in [0.5, 0.6) is 0 Å². The molecule has 1 aromatic heterocycles. The number of morpholine rings is 1. The number of benzene rings is 1. The Morgan fingerprint density at radius 1 is 1.36 bits per heavy atom. The molecule has 25 heavy (non-hydrogen) atoms. The number of nitrogens with one attached hydrogen (secondary N) is 1. The van der Waals surface area contributed by atoms with E-state index in [0.717, 1.165) is 41.3 Å². The molecule has 2 unspecified atom stereocenters. The summed E-state index contributed by atoms with van der Waals surface area (Å²) in [5, 5.41) is 3.80. The fourth-order valence-corrected chi connectivity index (χ4v) is 4.02. The lowest BCUT2D eigenvalue weighted by atomic mass is 10.2. The van der Waals surface area contributed by atoms with E-state index >= 15 is 0 Å². The van der Waals surface area contributed by atoms with Gasteiger partial charge in [0.2, 0.25) is 5.91 Å². The second kappa shape index (κ2) is 8.56. The molecule has 1 aromatic carbocycles. The summed E-state index contributed by atoms with van der Waals surface area (Å²) in [5.41, 5.74) is 0.974. The molecule has 134 valence electrons. The third kappa shape index (κ3) is 5.36. The third-order valence-electron chi connectivity index (χ3n) is 4.13. The first-order chi connectivity index (χ1) is 12.1. The molecule has 1 aliphatic heterocycles. The molecule has 0 saturated carbocycles. The molecule has 1 amide bonds. The largest absolute Gasteiger partial charge is 0.373 e. The van der Waals surface area contributed by atoms with E-state index in [1.54, 1.807) is 23.5 Å². The minimum Gasteiger partial charge on any atom is -0.373 e. The van der Waals surface area contributed by atoms with Gasteiger partial charge in [0.25, 0.3) is 0 Å². The van der Waals surface area contributed by atoms with Crippen molar-refractivity contribution >= 4 is 33.5 Å². The Balaban J connectivity index is 1.39. The van der Waals surface area contributed by atoms with Crippen LogP contribution in [0.3, 0.4) is 0 Å². The normalized spacial score (nSPS) is 21.8. The zero-order valence-electron chi connectivity index (χ0n) is 14.8. The summed E-state index contributed by atoms with van der Waals surface area (Å²) in [6.07, 6.45) is 4.87. The number of carbonyl (C=O) groups is 1. The van der Waals surface area contributed by atoms with Gasteiger partial charge in [-0.2, -0.15) is 0 Å². The van der Waals surface area contributed by atoms with Crippen molar-refractivity contribution in [1.82, 2.24) is 15.2 Å². The molecule has 1 fully saturated rings. The van der Waals surface area contributed by atoms with Gasteiger partial charge in [0.15, 0.2) is 0 Å². The second-order valence-electron chi connectivity index (χ2n) is 6.51. The van der Waals surface area contributed by atoms with Crippen LogP contribution in [-0.4, -0.2) is 54.2 Å². The first kappa shape index (κ1) is 18.0. The van der Waals surface area contributed by atoms with Crippen LogP contribution < -0.4 is 5.32 Å². The maximum Gasteiger partial charge on any atom is 0.244 e. The van der Waals surface area contributed by atoms with Gasteiger partial charge in [0.05, 0.1) is 22.4 Å². The Labute approximate surface area is 152 Å². The van der Waals surface area contributed by atoms with E-state index in [4.69, 9.17) is 4.74 Å². The number of ether oxygens (including phenoxy) is 1. The van der Waals surface area contributed by atoms with Crippen molar-refractivity contribution in [1.29, 1.82) is 0 Å². The van der Waals surface area contributed by atoms with Gasteiger partial charge in [-0.15, -0.1) is 11.3 Å². The molecule has 0 aliphatic carbocycles. The molecular weight excluding hydrogens is 334 g/mol. The number of aromatic nitrogens is 1. The van der Waals surface area contributed by atoms with Crippen LogP contribution in [0.1, 0.15) is 25.3 Å². The van der Waals surface area contributed by atoms with Crippen LogP contribution >= 0.6 is 11.3 Å². The number of rotatable bonds is 6. The van der Waals surface area contributed by atoms with E-state index in [1.807, 2.05) is 24.3 Å². The van der Waals surface area contributed by atoms with E-state index < -0.39 is 0 Å². The smallest absolute Gasteiger partial charge is 0.244 e. The molecular formula is C19H25N3O2S. The van der Waals surface area contributed by atoms with Gasteiger partial charge < -0.3 is 10.1 Å². The highest BCUT2D eigenvalue weighted by Crippen LogP contribution is 2.22. The van der Waals surface area contributed by atoms with E-state index in [2.05, 4.69) is 29.0 Å². The Kier molecular flexibility index (Phi) is 6.18. The maximum absolute atomic E-state index is 11.9. The summed E-state index contributed by atoms with van der Waals surface area (Å²) < 4.78 is 6.87. The van der Waals surface area contributed by atoms with Crippen molar-refractivity contribution in [2.75, 3.05) is 26.2 Å². The lowest BCUT2D eigenvalue weighted by Gasteiger charge is -2.35. The predicted molar refractivity (Wildman–Crippen MR) is 103 cm³/mol. The van der Waals surface area contributed by atoms with Crippen molar-refractivity contribution in [3.63, 3.8) is 0 Å². The standard InChI is InChI=1S/C19H25N3O2S/c1-14-12-22(13-15(2)24-14)11-5-10-20-18(23)8-9-19-21-16-6-3-4-7-17(16)25-19/h3-4,6-9,14-15H,5,10-13H2,1-2H3,(H,20,23)/b9-8+. The molecule has 1 saturated heterocycles. The fraction of sp³-hybridized carbons (Fsp3) is 0.474. The number of thiazole rings is 1. The minimum atomic E-state index is -0.0667. The van der Waals surface area contributed by atoms with Gasteiger partial charge in [-0.05, 0) is 38.5 Å². The molecule has 0 radical (unpaired) electrons. The summed E-state index contributed by atoms with van der Waals surface area (Å²) >= 11 is 1.59. The molecule has 6 heteroatoms. The van der Waals surface area contributed by atoms with Crippen molar-refractivity contribution in [3.8, 4) is 0 Å². The molecule has 0 bridgehead atoms. The number of carbonyl (C=O) groups excluding carboxylic acids is 1. The Morgan fingerprint density at radius 2 is 2.12 bits per heavy atom. The third-order valence-corrected chi connectivity index (χ3v) is 5.13. The van der Waals surface area contributed by atoms with E-state index in [0.29, 0.717) is 6.54 Å². The molecule has 3 rings (SSSR count). The van der Waals surface area contributed by atoms with Crippen molar-refractivity contribution in [3.05, 3.63) is 35.3 Å². The van der Waals surface area contributed by atoms with Crippen LogP contribution in [0.4, 0.5) is 0 Å². The van der Waals surface area contributed by atoms with E-state index in [9.17, 15) is 4.79 Å². The van der Waals surface area contributed by atoms with Gasteiger partial charge >= 0.3 is 0 Å². The quantitative estimate of drug-likeness (QED) is 0.636. The van der Waals surface area contributed by atoms with Crippen LogP contribution in [0.2, 0.25) is 0 Å². The number of hydrogen-bond donors (Lipinski definition) is 1. The molecule has 2 atom stereocenters. The highest BCUT2D eigenvalue weighted by Gasteiger charge is 2.21. The van der Waals surface area contributed by atoms with E-state index in [-0.39, 0.29) is 18.1 Å². The number of fused-ring (bicyclic) bond motifs is 1. The van der Waals surface area contributed by atoms with Crippen LogP contribution in [0, 0.1) is 0 Å². The highest BCUT2D eigenvalue weighted by atomic mass is 32.1. The molecule has 1 N–H and O–H groups in total. The maximum atomic E-state index is 11.9. The van der Waals surface area contributed by atoms with Crippen molar-refractivity contribution in [2.45, 2.75) is 32.5 Å². The average Bonchev–Trinajstić information content (AvgIpc) is 2.99. The van der Waals surface area contributed by atoms with E-state index in [1.165, 1.54) is 0 Å². The molecule has 1 aliphatic rings. The Bertz CT molecular complexity index is 700. The first-order valence-electron chi connectivity index (χ1n) is 8.79. The monoisotopic (exact) mass is 359 g/mol. The summed E-state index contributed by atoms with van der Waals surface area (Å²) in [6, 6.07) is 7.99. The average molecular weight is 359 g/mol. The van der Waals surface area contributed by atoms with Gasteiger partial charge in [-0.1, -0.05) is 12.1 Å². The van der Waals surface area contributed by atoms with Gasteiger partial charge in [0.1, 0.15) is 5.01 Å². The Hall–Kier alpha value is -1.76. The topological polar surface area (TPSA) is 54.5 Å². The predicted octanol–water partition coefficient (Wildman–Crippen LogP) is 2.93. The van der Waals surface area contributed by atoms with Gasteiger partial charge in [-0.3, -0.25) is 9.69 Å². The number of amides is 1. The zero-order chi connectivity index (χ0) is 17.6.